The molecule has 0 radical (unpaired) electrons. The SMILES string of the molecule is CN(CC(N)=O)C(=O)C1(c2ccccc2)CCNCC1. The van der Waals surface area contributed by atoms with E-state index in [0.29, 0.717) is 0 Å². The molecule has 5 nitrogen and oxygen atoms in total. The minimum absolute atomic E-state index is 0.0241. The Morgan fingerprint density at radius 2 is 1.85 bits per heavy atom. The lowest BCUT2D eigenvalue weighted by Gasteiger charge is -2.39. The number of hydrogen-bond acceptors (Lipinski definition) is 3. The zero-order valence-electron chi connectivity index (χ0n) is 11.8. The molecule has 108 valence electrons. The van der Waals surface area contributed by atoms with Gasteiger partial charge in [-0.2, -0.15) is 0 Å². The summed E-state index contributed by atoms with van der Waals surface area (Å²) < 4.78 is 0. The van der Waals surface area contributed by atoms with Crippen LogP contribution in [0.4, 0.5) is 0 Å². The zero-order chi connectivity index (χ0) is 14.6. The molecule has 1 heterocycles. The molecule has 0 saturated carbocycles. The largest absolute Gasteiger partial charge is 0.368 e. The van der Waals surface area contributed by atoms with E-state index in [-0.39, 0.29) is 12.5 Å². The minimum Gasteiger partial charge on any atom is -0.368 e. The summed E-state index contributed by atoms with van der Waals surface area (Å²) in [6, 6.07) is 9.81. The number of rotatable bonds is 4. The number of hydrogen-bond donors (Lipinski definition) is 2. The van der Waals surface area contributed by atoms with Crippen LogP contribution in [0.3, 0.4) is 0 Å². The second-order valence-electron chi connectivity index (χ2n) is 5.33. The number of carbonyl (C=O) groups is 2. The van der Waals surface area contributed by atoms with Gasteiger partial charge in [0.15, 0.2) is 0 Å². The first-order chi connectivity index (χ1) is 9.56. The predicted molar refractivity (Wildman–Crippen MR) is 77.1 cm³/mol. The van der Waals surface area contributed by atoms with Crippen LogP contribution in [0, 0.1) is 0 Å². The first kappa shape index (κ1) is 14.5. The number of nitrogens with two attached hydrogens (primary N) is 1. The number of piperidine rings is 1. The molecule has 2 rings (SSSR count). The quantitative estimate of drug-likeness (QED) is 0.827. The van der Waals surface area contributed by atoms with E-state index in [4.69, 9.17) is 5.73 Å². The summed E-state index contributed by atoms with van der Waals surface area (Å²) in [6.45, 7) is 1.55. The Kier molecular flexibility index (Phi) is 4.39. The summed E-state index contributed by atoms with van der Waals surface area (Å²) >= 11 is 0. The molecule has 0 aromatic heterocycles. The van der Waals surface area contributed by atoms with Gasteiger partial charge in [-0.25, -0.2) is 0 Å². The molecule has 2 amide bonds. The number of benzene rings is 1. The molecule has 1 aromatic rings. The third-order valence-corrected chi connectivity index (χ3v) is 3.93. The standard InChI is InChI=1S/C15H21N3O2/c1-18(11-13(16)19)14(20)15(7-9-17-10-8-15)12-5-3-2-4-6-12/h2-6,17H,7-11H2,1H3,(H2,16,19). The molecule has 1 aliphatic rings. The molecule has 1 fully saturated rings. The molecule has 1 saturated heterocycles. The lowest BCUT2D eigenvalue weighted by molar-refractivity contribution is -0.140. The number of nitrogens with zero attached hydrogens (tertiary/aromatic N) is 1. The Balaban J connectivity index is 2.32. The van der Waals surface area contributed by atoms with Crippen LogP contribution < -0.4 is 11.1 Å². The van der Waals surface area contributed by atoms with Crippen molar-refractivity contribution >= 4 is 11.8 Å². The molecular weight excluding hydrogens is 254 g/mol. The lowest BCUT2D eigenvalue weighted by Crippen LogP contribution is -2.52. The fourth-order valence-corrected chi connectivity index (χ4v) is 2.91. The fraction of sp³-hybridized carbons (Fsp3) is 0.467. The summed E-state index contributed by atoms with van der Waals surface area (Å²) in [7, 11) is 1.64. The van der Waals surface area contributed by atoms with Crippen molar-refractivity contribution in [2.45, 2.75) is 18.3 Å². The van der Waals surface area contributed by atoms with Gasteiger partial charge in [-0.05, 0) is 31.5 Å². The molecule has 3 N–H and O–H groups in total. The number of nitrogens with one attached hydrogen (secondary N) is 1. The second kappa shape index (κ2) is 6.05. The number of carbonyl (C=O) groups excluding carboxylic acids is 2. The van der Waals surface area contributed by atoms with Crippen LogP contribution in [0.15, 0.2) is 30.3 Å². The molecule has 20 heavy (non-hydrogen) atoms. The van der Waals surface area contributed by atoms with Crippen molar-refractivity contribution in [3.05, 3.63) is 35.9 Å². The minimum atomic E-state index is -0.545. The number of likely N-dealkylation sites (N-methyl/N-ethyl adjacent to an activating group) is 1. The molecule has 0 aliphatic carbocycles. The van der Waals surface area contributed by atoms with E-state index < -0.39 is 11.3 Å². The molecule has 5 heteroatoms. The van der Waals surface area contributed by atoms with Crippen molar-refractivity contribution < 1.29 is 9.59 Å². The first-order valence-electron chi connectivity index (χ1n) is 6.86. The maximum Gasteiger partial charge on any atom is 0.237 e. The Morgan fingerprint density at radius 3 is 2.40 bits per heavy atom. The van der Waals surface area contributed by atoms with E-state index in [1.165, 1.54) is 4.90 Å². The summed E-state index contributed by atoms with van der Waals surface area (Å²) in [5.41, 5.74) is 5.67. The number of amides is 2. The van der Waals surface area contributed by atoms with Gasteiger partial charge in [-0.1, -0.05) is 30.3 Å². The summed E-state index contributed by atoms with van der Waals surface area (Å²) in [5.74, 6) is -0.512. The zero-order valence-corrected chi connectivity index (χ0v) is 11.8. The van der Waals surface area contributed by atoms with Crippen molar-refractivity contribution in [3.8, 4) is 0 Å². The molecule has 0 atom stereocenters. The van der Waals surface area contributed by atoms with Gasteiger partial charge in [0.05, 0.1) is 12.0 Å². The highest BCUT2D eigenvalue weighted by molar-refractivity contribution is 5.91. The van der Waals surface area contributed by atoms with Crippen LogP contribution in [0.5, 0.6) is 0 Å². The topological polar surface area (TPSA) is 75.4 Å². The van der Waals surface area contributed by atoms with Crippen LogP contribution in [-0.4, -0.2) is 43.4 Å². The normalized spacial score (nSPS) is 17.4. The van der Waals surface area contributed by atoms with Gasteiger partial charge in [0.2, 0.25) is 11.8 Å². The Bertz CT molecular complexity index is 481. The van der Waals surface area contributed by atoms with Gasteiger partial charge in [-0.3, -0.25) is 9.59 Å². The van der Waals surface area contributed by atoms with Crippen LogP contribution in [0.25, 0.3) is 0 Å². The van der Waals surface area contributed by atoms with Crippen LogP contribution in [0.2, 0.25) is 0 Å². The number of primary amides is 1. The highest BCUT2D eigenvalue weighted by Gasteiger charge is 2.42. The van der Waals surface area contributed by atoms with E-state index in [9.17, 15) is 9.59 Å². The maximum absolute atomic E-state index is 12.8. The van der Waals surface area contributed by atoms with Gasteiger partial charge < -0.3 is 16.0 Å². The van der Waals surface area contributed by atoms with Gasteiger partial charge in [0.25, 0.3) is 0 Å². The summed E-state index contributed by atoms with van der Waals surface area (Å²) in [5, 5.41) is 3.28. The molecule has 1 aliphatic heterocycles. The average Bonchev–Trinajstić information content (AvgIpc) is 2.47. The van der Waals surface area contributed by atoms with E-state index in [0.717, 1.165) is 31.5 Å². The van der Waals surface area contributed by atoms with Gasteiger partial charge in [-0.15, -0.1) is 0 Å². The first-order valence-corrected chi connectivity index (χ1v) is 6.86. The van der Waals surface area contributed by atoms with Crippen LogP contribution >= 0.6 is 0 Å². The molecule has 0 unspecified atom stereocenters. The Labute approximate surface area is 119 Å². The average molecular weight is 275 g/mol. The third-order valence-electron chi connectivity index (χ3n) is 3.93. The fourth-order valence-electron chi connectivity index (χ4n) is 2.91. The summed E-state index contributed by atoms with van der Waals surface area (Å²) in [4.78, 5) is 25.3. The Hall–Kier alpha value is -1.88. The van der Waals surface area contributed by atoms with Crippen molar-refractivity contribution in [2.24, 2.45) is 5.73 Å². The molecular formula is C15H21N3O2. The monoisotopic (exact) mass is 275 g/mol. The van der Waals surface area contributed by atoms with Crippen LogP contribution in [0.1, 0.15) is 18.4 Å². The molecule has 0 spiro atoms. The van der Waals surface area contributed by atoms with Crippen molar-refractivity contribution in [2.75, 3.05) is 26.7 Å². The summed E-state index contributed by atoms with van der Waals surface area (Å²) in [6.07, 6.45) is 1.47. The van der Waals surface area contributed by atoms with Crippen molar-refractivity contribution in [1.82, 2.24) is 10.2 Å². The van der Waals surface area contributed by atoms with E-state index >= 15 is 0 Å². The molecule has 0 bridgehead atoms. The van der Waals surface area contributed by atoms with Gasteiger partial charge in [0.1, 0.15) is 0 Å². The van der Waals surface area contributed by atoms with Crippen LogP contribution in [-0.2, 0) is 15.0 Å². The highest BCUT2D eigenvalue weighted by atomic mass is 16.2. The third kappa shape index (κ3) is 2.82. The Morgan fingerprint density at radius 1 is 1.25 bits per heavy atom. The van der Waals surface area contributed by atoms with Crippen molar-refractivity contribution in [1.29, 1.82) is 0 Å². The second-order valence-corrected chi connectivity index (χ2v) is 5.33. The van der Waals surface area contributed by atoms with Gasteiger partial charge in [0, 0.05) is 7.05 Å². The van der Waals surface area contributed by atoms with Crippen molar-refractivity contribution in [3.63, 3.8) is 0 Å². The van der Waals surface area contributed by atoms with E-state index in [1.54, 1.807) is 7.05 Å². The lowest BCUT2D eigenvalue weighted by atomic mass is 9.72. The maximum atomic E-state index is 12.8. The smallest absolute Gasteiger partial charge is 0.237 e. The van der Waals surface area contributed by atoms with E-state index in [2.05, 4.69) is 5.32 Å². The van der Waals surface area contributed by atoms with Gasteiger partial charge >= 0.3 is 0 Å². The predicted octanol–water partition coefficient (Wildman–Crippen LogP) is 0.252. The highest BCUT2D eigenvalue weighted by Crippen LogP contribution is 2.35. The molecule has 1 aromatic carbocycles. The van der Waals surface area contributed by atoms with E-state index in [1.807, 2.05) is 30.3 Å².